The van der Waals surface area contributed by atoms with Crippen molar-refractivity contribution in [2.45, 2.75) is 19.5 Å². The van der Waals surface area contributed by atoms with Gasteiger partial charge in [-0.2, -0.15) is 0 Å². The number of esters is 1. The number of carbonyl (C=O) groups is 2. The molecule has 0 fully saturated rings. The monoisotopic (exact) mass is 316 g/mol. The van der Waals surface area contributed by atoms with Crippen molar-refractivity contribution in [1.29, 1.82) is 0 Å². The van der Waals surface area contributed by atoms with Crippen molar-refractivity contribution in [2.24, 2.45) is 5.41 Å². The minimum atomic E-state index is -3.12. The van der Waals surface area contributed by atoms with Gasteiger partial charge in [-0.3, -0.25) is 9.59 Å². The van der Waals surface area contributed by atoms with Gasteiger partial charge in [0.25, 0.3) is 6.43 Å². The lowest BCUT2D eigenvalue weighted by atomic mass is 9.84. The first-order valence-electron chi connectivity index (χ1n) is 7.17. The lowest BCUT2D eigenvalue weighted by molar-refractivity contribution is -0.161. The summed E-state index contributed by atoms with van der Waals surface area (Å²) in [5.41, 5.74) is -1.13. The zero-order valence-corrected chi connectivity index (χ0v) is 12.2. The summed E-state index contributed by atoms with van der Waals surface area (Å²) in [6.45, 7) is -0.141. The highest BCUT2D eigenvalue weighted by atomic mass is 19.3. The van der Waals surface area contributed by atoms with Gasteiger partial charge in [-0.05, 0) is 11.1 Å². The molecule has 1 aliphatic carbocycles. The first-order chi connectivity index (χ1) is 11.1. The molecule has 0 heterocycles. The molecular weight excluding hydrogens is 302 g/mol. The van der Waals surface area contributed by atoms with Crippen LogP contribution in [0.5, 0.6) is 0 Å². The summed E-state index contributed by atoms with van der Waals surface area (Å²) in [5, 5.41) is 0. The number of hydrogen-bond donors (Lipinski definition) is 0. The van der Waals surface area contributed by atoms with E-state index in [9.17, 15) is 18.4 Å². The lowest BCUT2D eigenvalue weighted by Gasteiger charge is -2.24. The maximum absolute atomic E-state index is 13.7. The third-order valence-electron chi connectivity index (χ3n) is 4.09. The average Bonchev–Trinajstić information content (AvgIpc) is 2.88. The van der Waals surface area contributed by atoms with Gasteiger partial charge in [0.2, 0.25) is 0 Å². The smallest absolute Gasteiger partial charge is 0.326 e. The SMILES string of the molecule is O=C(OCc1ccccc1)[C@]1(C(F)F)Cc2ccccc2C1=O. The van der Waals surface area contributed by atoms with Crippen LogP contribution in [0.15, 0.2) is 54.6 Å². The van der Waals surface area contributed by atoms with Gasteiger partial charge in [0.1, 0.15) is 6.61 Å². The first kappa shape index (κ1) is 15.3. The molecule has 0 bridgehead atoms. The molecule has 0 saturated carbocycles. The summed E-state index contributed by atoms with van der Waals surface area (Å²) in [4.78, 5) is 24.8. The average molecular weight is 316 g/mol. The Labute approximate surface area is 131 Å². The Balaban J connectivity index is 1.85. The number of fused-ring (bicyclic) bond motifs is 1. The van der Waals surface area contributed by atoms with Crippen molar-refractivity contribution in [1.82, 2.24) is 0 Å². The maximum Gasteiger partial charge on any atom is 0.326 e. The highest BCUT2D eigenvalue weighted by Crippen LogP contribution is 2.42. The van der Waals surface area contributed by atoms with E-state index in [1.165, 1.54) is 6.07 Å². The standard InChI is InChI=1S/C18H14F2O3/c19-16(20)18(10-13-8-4-5-9-14(13)15(18)21)17(22)23-11-12-6-2-1-3-7-12/h1-9,16H,10-11H2/t18-/m1/s1. The van der Waals surface area contributed by atoms with Crippen LogP contribution in [0.4, 0.5) is 8.78 Å². The fraction of sp³-hybridized carbons (Fsp3) is 0.222. The number of benzene rings is 2. The molecule has 118 valence electrons. The molecule has 2 aromatic carbocycles. The third-order valence-corrected chi connectivity index (χ3v) is 4.09. The van der Waals surface area contributed by atoms with Crippen molar-refractivity contribution >= 4 is 11.8 Å². The van der Waals surface area contributed by atoms with Crippen molar-refractivity contribution in [2.75, 3.05) is 0 Å². The van der Waals surface area contributed by atoms with E-state index in [4.69, 9.17) is 4.74 Å². The molecule has 3 nitrogen and oxygen atoms in total. The number of ketones is 1. The van der Waals surface area contributed by atoms with E-state index >= 15 is 0 Å². The zero-order valence-electron chi connectivity index (χ0n) is 12.2. The third kappa shape index (κ3) is 2.52. The predicted octanol–water partition coefficient (Wildman–Crippen LogP) is 3.42. The van der Waals surface area contributed by atoms with Crippen molar-refractivity contribution in [3.63, 3.8) is 0 Å². The number of Topliss-reactive ketones (excluding diaryl/α,β-unsaturated/α-hetero) is 1. The van der Waals surface area contributed by atoms with Crippen LogP contribution in [0, 0.1) is 5.41 Å². The Hall–Kier alpha value is -2.56. The lowest BCUT2D eigenvalue weighted by Crippen LogP contribution is -2.45. The molecule has 0 unspecified atom stereocenters. The zero-order chi connectivity index (χ0) is 16.4. The normalized spacial score (nSPS) is 19.7. The molecule has 2 aromatic rings. The summed E-state index contributed by atoms with van der Waals surface area (Å²) >= 11 is 0. The number of rotatable bonds is 4. The number of carbonyl (C=O) groups excluding carboxylic acids is 2. The van der Waals surface area contributed by atoms with Crippen LogP contribution >= 0.6 is 0 Å². The van der Waals surface area contributed by atoms with E-state index in [2.05, 4.69) is 0 Å². The van der Waals surface area contributed by atoms with Crippen molar-refractivity contribution in [3.8, 4) is 0 Å². The molecule has 5 heteroatoms. The number of hydrogen-bond acceptors (Lipinski definition) is 3. The van der Waals surface area contributed by atoms with E-state index in [0.29, 0.717) is 11.1 Å². The Kier molecular flexibility index (Phi) is 3.94. The van der Waals surface area contributed by atoms with E-state index in [0.717, 1.165) is 0 Å². The molecule has 0 radical (unpaired) electrons. The number of alkyl halides is 2. The predicted molar refractivity (Wildman–Crippen MR) is 79.2 cm³/mol. The van der Waals surface area contributed by atoms with Crippen molar-refractivity contribution in [3.05, 3.63) is 71.3 Å². The van der Waals surface area contributed by atoms with Gasteiger partial charge in [-0.15, -0.1) is 0 Å². The van der Waals surface area contributed by atoms with Gasteiger partial charge >= 0.3 is 5.97 Å². The molecular formula is C18H14F2O3. The number of halogens is 2. The summed E-state index contributed by atoms with van der Waals surface area (Å²) in [6, 6.07) is 15.0. The Morgan fingerprint density at radius 3 is 2.39 bits per heavy atom. The first-order valence-corrected chi connectivity index (χ1v) is 7.17. The second kappa shape index (κ2) is 5.91. The molecule has 0 saturated heterocycles. The summed E-state index contributed by atoms with van der Waals surface area (Å²) in [5.74, 6) is -2.03. The van der Waals surface area contributed by atoms with E-state index < -0.39 is 23.6 Å². The molecule has 1 atom stereocenters. The van der Waals surface area contributed by atoms with Crippen LogP contribution in [0.1, 0.15) is 21.5 Å². The molecule has 0 aliphatic heterocycles. The largest absolute Gasteiger partial charge is 0.460 e. The molecule has 0 aromatic heterocycles. The van der Waals surface area contributed by atoms with Gasteiger partial charge in [0, 0.05) is 12.0 Å². The van der Waals surface area contributed by atoms with Crippen LogP contribution in [0.25, 0.3) is 0 Å². The Morgan fingerprint density at radius 2 is 1.74 bits per heavy atom. The molecule has 0 amide bonds. The second-order valence-corrected chi connectivity index (χ2v) is 5.50. The minimum Gasteiger partial charge on any atom is -0.460 e. The van der Waals surface area contributed by atoms with E-state index in [1.54, 1.807) is 48.5 Å². The van der Waals surface area contributed by atoms with Crippen LogP contribution in [0.2, 0.25) is 0 Å². The summed E-state index contributed by atoms with van der Waals surface area (Å²) in [7, 11) is 0. The molecule has 23 heavy (non-hydrogen) atoms. The second-order valence-electron chi connectivity index (χ2n) is 5.50. The fourth-order valence-electron chi connectivity index (χ4n) is 2.80. The van der Waals surface area contributed by atoms with Gasteiger partial charge in [0.05, 0.1) is 0 Å². The molecule has 1 aliphatic rings. The maximum atomic E-state index is 13.7. The highest BCUT2D eigenvalue weighted by molar-refractivity contribution is 6.16. The fourth-order valence-corrected chi connectivity index (χ4v) is 2.80. The van der Waals surface area contributed by atoms with Crippen LogP contribution in [-0.4, -0.2) is 18.2 Å². The van der Waals surface area contributed by atoms with Gasteiger partial charge < -0.3 is 4.74 Å². The quantitative estimate of drug-likeness (QED) is 0.641. The topological polar surface area (TPSA) is 43.4 Å². The van der Waals surface area contributed by atoms with Crippen molar-refractivity contribution < 1.29 is 23.1 Å². The van der Waals surface area contributed by atoms with E-state index in [-0.39, 0.29) is 18.6 Å². The van der Waals surface area contributed by atoms with Crippen LogP contribution < -0.4 is 0 Å². The minimum absolute atomic E-state index is 0.141. The Morgan fingerprint density at radius 1 is 1.09 bits per heavy atom. The highest BCUT2D eigenvalue weighted by Gasteiger charge is 2.59. The molecule has 3 rings (SSSR count). The van der Waals surface area contributed by atoms with E-state index in [1.807, 2.05) is 0 Å². The van der Waals surface area contributed by atoms with Gasteiger partial charge in [-0.25, -0.2) is 8.78 Å². The van der Waals surface area contributed by atoms with Crippen LogP contribution in [0.3, 0.4) is 0 Å². The Bertz CT molecular complexity index is 743. The summed E-state index contributed by atoms with van der Waals surface area (Å²) < 4.78 is 32.4. The van der Waals surface area contributed by atoms with Gasteiger partial charge in [-0.1, -0.05) is 54.6 Å². The summed E-state index contributed by atoms with van der Waals surface area (Å²) in [6.07, 6.45) is -3.45. The molecule has 0 N–H and O–H groups in total. The van der Waals surface area contributed by atoms with Crippen LogP contribution in [-0.2, 0) is 22.6 Å². The number of ether oxygens (including phenoxy) is 1. The van der Waals surface area contributed by atoms with Gasteiger partial charge in [0.15, 0.2) is 11.2 Å². The molecule has 0 spiro atoms.